The van der Waals surface area contributed by atoms with Crippen LogP contribution in [0.1, 0.15) is 51.7 Å². The van der Waals surface area contributed by atoms with Crippen LogP contribution in [0.15, 0.2) is 20.0 Å². The molecule has 1 aromatic heterocycles. The van der Waals surface area contributed by atoms with Crippen LogP contribution in [0.2, 0.25) is 0 Å². The fraction of sp³-hybridized carbons (Fsp3) is 0.714. The van der Waals surface area contributed by atoms with E-state index in [4.69, 9.17) is 4.42 Å². The number of hydrogen-bond donors (Lipinski definition) is 2. The number of rotatable bonds is 10. The van der Waals surface area contributed by atoms with Crippen molar-refractivity contribution in [3.63, 3.8) is 0 Å². The van der Waals surface area contributed by atoms with Crippen LogP contribution in [0.25, 0.3) is 0 Å². The highest BCUT2D eigenvalue weighted by Gasteiger charge is 2.23. The standard InChI is InChI=1S/C14H25BrN2O3S/c1-4-5-6-7-8-11(2)17-21(18,19)13-9-12(10-16-3)20-14(13)15/h9,11,16-17H,4-8,10H2,1-3H3. The molecule has 0 spiro atoms. The number of furan rings is 1. The van der Waals surface area contributed by atoms with E-state index in [1.807, 2.05) is 6.92 Å². The molecule has 0 aliphatic rings. The Morgan fingerprint density at radius 3 is 2.67 bits per heavy atom. The minimum atomic E-state index is -3.55. The summed E-state index contributed by atoms with van der Waals surface area (Å²) in [6.45, 7) is 4.54. The summed E-state index contributed by atoms with van der Waals surface area (Å²) in [4.78, 5) is 0.160. The van der Waals surface area contributed by atoms with Crippen LogP contribution in [0.3, 0.4) is 0 Å². The van der Waals surface area contributed by atoms with Gasteiger partial charge in [-0.1, -0.05) is 32.6 Å². The van der Waals surface area contributed by atoms with Gasteiger partial charge in [0.15, 0.2) is 4.67 Å². The van der Waals surface area contributed by atoms with Crippen molar-refractivity contribution in [2.24, 2.45) is 0 Å². The van der Waals surface area contributed by atoms with Gasteiger partial charge in [-0.25, -0.2) is 13.1 Å². The van der Waals surface area contributed by atoms with Crippen LogP contribution in [-0.4, -0.2) is 21.5 Å². The highest BCUT2D eigenvalue weighted by Crippen LogP contribution is 2.26. The summed E-state index contributed by atoms with van der Waals surface area (Å²) in [5, 5.41) is 2.93. The maximum atomic E-state index is 12.3. The van der Waals surface area contributed by atoms with E-state index in [-0.39, 0.29) is 15.6 Å². The molecule has 1 unspecified atom stereocenters. The van der Waals surface area contributed by atoms with Crippen molar-refractivity contribution < 1.29 is 12.8 Å². The Bertz CT molecular complexity index is 528. The molecule has 0 bridgehead atoms. The maximum absolute atomic E-state index is 12.3. The summed E-state index contributed by atoms with van der Waals surface area (Å²) in [6, 6.07) is 1.47. The summed E-state index contributed by atoms with van der Waals surface area (Å²) in [5.74, 6) is 0.584. The van der Waals surface area contributed by atoms with Crippen molar-refractivity contribution >= 4 is 26.0 Å². The molecular weight excluding hydrogens is 356 g/mol. The van der Waals surface area contributed by atoms with Gasteiger partial charge in [-0.2, -0.15) is 0 Å². The monoisotopic (exact) mass is 380 g/mol. The highest BCUT2D eigenvalue weighted by molar-refractivity contribution is 9.10. The van der Waals surface area contributed by atoms with Crippen LogP contribution >= 0.6 is 15.9 Å². The van der Waals surface area contributed by atoms with E-state index < -0.39 is 10.0 Å². The van der Waals surface area contributed by atoms with Crippen molar-refractivity contribution in [1.29, 1.82) is 0 Å². The van der Waals surface area contributed by atoms with E-state index >= 15 is 0 Å². The Kier molecular flexibility index (Phi) is 7.94. The summed E-state index contributed by atoms with van der Waals surface area (Å²) < 4.78 is 33.0. The first-order chi connectivity index (χ1) is 9.90. The second-order valence-electron chi connectivity index (χ2n) is 5.25. The summed E-state index contributed by atoms with van der Waals surface area (Å²) in [5.41, 5.74) is 0. The second-order valence-corrected chi connectivity index (χ2v) is 7.66. The van der Waals surface area contributed by atoms with E-state index in [9.17, 15) is 8.42 Å². The predicted octanol–water partition coefficient (Wildman–Crippen LogP) is 3.40. The molecule has 1 rings (SSSR count). The Hall–Kier alpha value is -0.370. The van der Waals surface area contributed by atoms with Crippen molar-refractivity contribution in [2.75, 3.05) is 7.05 Å². The van der Waals surface area contributed by atoms with E-state index in [1.54, 1.807) is 13.1 Å². The highest BCUT2D eigenvalue weighted by atomic mass is 79.9. The van der Waals surface area contributed by atoms with Crippen molar-refractivity contribution in [2.45, 2.75) is 63.4 Å². The molecule has 0 saturated heterocycles. The molecule has 0 amide bonds. The van der Waals surface area contributed by atoms with E-state index in [0.29, 0.717) is 12.3 Å². The molecule has 0 fully saturated rings. The van der Waals surface area contributed by atoms with Gasteiger partial charge in [-0.3, -0.25) is 0 Å². The van der Waals surface area contributed by atoms with E-state index in [1.165, 1.54) is 12.8 Å². The molecule has 7 heteroatoms. The molecule has 0 radical (unpaired) electrons. The zero-order valence-electron chi connectivity index (χ0n) is 12.9. The fourth-order valence-corrected chi connectivity index (χ4v) is 4.38. The number of nitrogens with one attached hydrogen (secondary N) is 2. The Morgan fingerprint density at radius 1 is 1.33 bits per heavy atom. The molecule has 5 nitrogen and oxygen atoms in total. The van der Waals surface area contributed by atoms with Crippen LogP contribution in [-0.2, 0) is 16.6 Å². The topological polar surface area (TPSA) is 71.3 Å². The first-order valence-electron chi connectivity index (χ1n) is 7.35. The first kappa shape index (κ1) is 18.7. The molecule has 0 saturated carbocycles. The number of hydrogen-bond acceptors (Lipinski definition) is 4. The quantitative estimate of drug-likeness (QED) is 0.610. The lowest BCUT2D eigenvalue weighted by Crippen LogP contribution is -2.32. The zero-order chi connectivity index (χ0) is 15.9. The van der Waals surface area contributed by atoms with Gasteiger partial charge in [0.2, 0.25) is 10.0 Å². The van der Waals surface area contributed by atoms with Crippen molar-refractivity contribution in [3.8, 4) is 0 Å². The molecule has 0 aromatic carbocycles. The van der Waals surface area contributed by atoms with Crippen LogP contribution in [0.4, 0.5) is 0 Å². The SMILES string of the molecule is CCCCCCC(C)NS(=O)(=O)c1cc(CNC)oc1Br. The van der Waals surface area contributed by atoms with Gasteiger partial charge in [-0.15, -0.1) is 0 Å². The minimum absolute atomic E-state index is 0.0820. The molecule has 1 aromatic rings. The predicted molar refractivity (Wildman–Crippen MR) is 87.7 cm³/mol. The van der Waals surface area contributed by atoms with Crippen LogP contribution in [0.5, 0.6) is 0 Å². The van der Waals surface area contributed by atoms with Gasteiger partial charge in [0.1, 0.15) is 10.7 Å². The van der Waals surface area contributed by atoms with Gasteiger partial charge >= 0.3 is 0 Å². The van der Waals surface area contributed by atoms with Crippen LogP contribution < -0.4 is 10.0 Å². The van der Waals surface area contributed by atoms with Crippen molar-refractivity contribution in [1.82, 2.24) is 10.0 Å². The lowest BCUT2D eigenvalue weighted by atomic mass is 10.1. The Morgan fingerprint density at radius 2 is 2.05 bits per heavy atom. The largest absolute Gasteiger partial charge is 0.452 e. The summed E-state index contributed by atoms with van der Waals surface area (Å²) in [7, 11) is -1.77. The van der Waals surface area contributed by atoms with E-state index in [2.05, 4.69) is 32.9 Å². The third-order valence-corrected chi connectivity index (χ3v) is 5.64. The van der Waals surface area contributed by atoms with Gasteiger partial charge in [0.05, 0.1) is 6.54 Å². The Balaban J connectivity index is 2.64. The Labute approximate surface area is 136 Å². The molecule has 0 aliphatic heterocycles. The molecule has 0 aliphatic carbocycles. The average Bonchev–Trinajstić information content (AvgIpc) is 2.76. The molecule has 122 valence electrons. The van der Waals surface area contributed by atoms with Gasteiger partial charge in [0.25, 0.3) is 0 Å². The van der Waals surface area contributed by atoms with Gasteiger partial charge in [0, 0.05) is 12.1 Å². The smallest absolute Gasteiger partial charge is 0.245 e. The molecule has 2 N–H and O–H groups in total. The molecule has 1 atom stereocenters. The van der Waals surface area contributed by atoms with Crippen LogP contribution in [0, 0.1) is 0 Å². The zero-order valence-corrected chi connectivity index (χ0v) is 15.3. The fourth-order valence-electron chi connectivity index (χ4n) is 2.11. The third kappa shape index (κ3) is 6.10. The molecule has 1 heterocycles. The van der Waals surface area contributed by atoms with E-state index in [0.717, 1.165) is 19.3 Å². The molecule has 21 heavy (non-hydrogen) atoms. The van der Waals surface area contributed by atoms with Crippen molar-refractivity contribution in [3.05, 3.63) is 16.5 Å². The number of halogens is 1. The average molecular weight is 381 g/mol. The third-order valence-electron chi connectivity index (χ3n) is 3.19. The maximum Gasteiger partial charge on any atom is 0.245 e. The number of unbranched alkanes of at least 4 members (excludes halogenated alkanes) is 3. The minimum Gasteiger partial charge on any atom is -0.452 e. The summed E-state index contributed by atoms with van der Waals surface area (Å²) in [6.07, 6.45) is 5.40. The lowest BCUT2D eigenvalue weighted by molar-refractivity contribution is 0.469. The van der Waals surface area contributed by atoms with Gasteiger partial charge < -0.3 is 9.73 Å². The lowest BCUT2D eigenvalue weighted by Gasteiger charge is -2.13. The number of sulfonamides is 1. The normalized spacial score (nSPS) is 13.5. The first-order valence-corrected chi connectivity index (χ1v) is 9.63. The second kappa shape index (κ2) is 8.92. The summed E-state index contributed by atoms with van der Waals surface area (Å²) >= 11 is 3.17. The van der Waals surface area contributed by atoms with Gasteiger partial charge in [-0.05, 0) is 36.3 Å². The molecular formula is C14H25BrN2O3S.